The number of benzene rings is 1. The summed E-state index contributed by atoms with van der Waals surface area (Å²) >= 11 is 0. The van der Waals surface area contributed by atoms with Crippen molar-refractivity contribution < 1.29 is 24.2 Å². The fourth-order valence-corrected chi connectivity index (χ4v) is 4.21. The van der Waals surface area contributed by atoms with Gasteiger partial charge in [-0.15, -0.1) is 0 Å². The van der Waals surface area contributed by atoms with Crippen molar-refractivity contribution in [3.8, 4) is 5.75 Å². The molecule has 6 heteroatoms. The third-order valence-electron chi connectivity index (χ3n) is 6.16. The maximum atomic E-state index is 12.8. The molecule has 1 amide bonds. The van der Waals surface area contributed by atoms with E-state index in [0.717, 1.165) is 12.8 Å². The maximum Gasteiger partial charge on any atom is 0.330 e. The average molecular weight is 375 g/mol. The van der Waals surface area contributed by atoms with Crippen molar-refractivity contribution in [2.75, 3.05) is 6.61 Å². The summed E-state index contributed by atoms with van der Waals surface area (Å²) in [5.41, 5.74) is -1.64. The van der Waals surface area contributed by atoms with Gasteiger partial charge in [0.1, 0.15) is 11.3 Å². The van der Waals surface area contributed by atoms with Crippen molar-refractivity contribution in [2.24, 2.45) is 5.41 Å². The second-order valence-corrected chi connectivity index (χ2v) is 8.09. The number of ether oxygens (including phenoxy) is 2. The average Bonchev–Trinajstić information content (AvgIpc) is 3.13. The van der Waals surface area contributed by atoms with Crippen LogP contribution >= 0.6 is 0 Å². The minimum atomic E-state index is -1.34. The van der Waals surface area contributed by atoms with Gasteiger partial charge in [0.25, 0.3) is 5.91 Å². The number of rotatable bonds is 7. The van der Waals surface area contributed by atoms with Crippen LogP contribution in [0.15, 0.2) is 24.3 Å². The topological polar surface area (TPSA) is 84.9 Å². The molecule has 0 aliphatic heterocycles. The summed E-state index contributed by atoms with van der Waals surface area (Å²) in [4.78, 5) is 24.9. The lowest BCUT2D eigenvalue weighted by atomic mass is 9.54. The van der Waals surface area contributed by atoms with Crippen LogP contribution in [0.5, 0.6) is 5.75 Å². The molecule has 3 rings (SSSR count). The van der Waals surface area contributed by atoms with E-state index in [0.29, 0.717) is 17.9 Å². The molecule has 0 saturated heterocycles. The molecule has 0 spiro atoms. The van der Waals surface area contributed by atoms with Crippen LogP contribution in [0.1, 0.15) is 63.2 Å². The Morgan fingerprint density at radius 3 is 2.56 bits per heavy atom. The Balaban J connectivity index is 1.74. The predicted octanol–water partition coefficient (Wildman–Crippen LogP) is 3.40. The molecular formula is C21H29NO5. The molecule has 1 aromatic rings. The van der Waals surface area contributed by atoms with Gasteiger partial charge in [-0.3, -0.25) is 4.79 Å². The summed E-state index contributed by atoms with van der Waals surface area (Å²) in [7, 11) is 0. The normalized spacial score (nSPS) is 27.0. The molecule has 0 aromatic heterocycles. The molecular weight excluding hydrogens is 346 g/mol. The first-order valence-electron chi connectivity index (χ1n) is 9.74. The van der Waals surface area contributed by atoms with Crippen LogP contribution in [0.2, 0.25) is 0 Å². The number of nitrogens with one attached hydrogen (secondary N) is 1. The number of hydrogen-bond acceptors (Lipinski definition) is 4. The number of amides is 1. The van der Waals surface area contributed by atoms with Gasteiger partial charge in [-0.1, -0.05) is 19.9 Å². The molecule has 6 nitrogen and oxygen atoms in total. The Morgan fingerprint density at radius 2 is 1.96 bits per heavy atom. The minimum absolute atomic E-state index is 0.198. The Labute approximate surface area is 160 Å². The van der Waals surface area contributed by atoms with Crippen LogP contribution < -0.4 is 10.1 Å². The van der Waals surface area contributed by atoms with Gasteiger partial charge in [0.05, 0.1) is 12.2 Å². The van der Waals surface area contributed by atoms with Crippen LogP contribution in [0, 0.1) is 5.41 Å². The zero-order valence-electron chi connectivity index (χ0n) is 16.3. The van der Waals surface area contributed by atoms with Gasteiger partial charge in [-0.2, -0.15) is 0 Å². The Morgan fingerprint density at radius 1 is 1.26 bits per heavy atom. The van der Waals surface area contributed by atoms with Crippen LogP contribution in [0.3, 0.4) is 0 Å². The maximum absolute atomic E-state index is 12.8. The van der Waals surface area contributed by atoms with Crippen molar-refractivity contribution in [1.82, 2.24) is 5.32 Å². The number of carbonyl (C=O) groups excluding carboxylic acids is 1. The molecule has 2 atom stereocenters. The summed E-state index contributed by atoms with van der Waals surface area (Å²) in [6.45, 7) is 6.04. The summed E-state index contributed by atoms with van der Waals surface area (Å²) < 4.78 is 11.6. The lowest BCUT2D eigenvalue weighted by molar-refractivity contribution is -0.190. The molecule has 148 valence electrons. The largest absolute Gasteiger partial charge is 0.490 e. The van der Waals surface area contributed by atoms with E-state index in [-0.39, 0.29) is 18.6 Å². The third-order valence-corrected chi connectivity index (χ3v) is 6.16. The SMILES string of the molecule is CCOC1CC(NC(=O)c2cccc(OC3CCCC3)c2)(C(=O)O)C1(C)C. The lowest BCUT2D eigenvalue weighted by Gasteiger charge is -2.58. The molecule has 0 heterocycles. The van der Waals surface area contributed by atoms with Gasteiger partial charge >= 0.3 is 5.97 Å². The zero-order valence-corrected chi connectivity index (χ0v) is 16.3. The van der Waals surface area contributed by atoms with E-state index in [4.69, 9.17) is 9.47 Å². The van der Waals surface area contributed by atoms with Crippen molar-refractivity contribution in [1.29, 1.82) is 0 Å². The van der Waals surface area contributed by atoms with Gasteiger partial charge in [0, 0.05) is 24.0 Å². The van der Waals surface area contributed by atoms with Gasteiger partial charge in [0.2, 0.25) is 0 Å². The van der Waals surface area contributed by atoms with E-state index in [2.05, 4.69) is 5.32 Å². The number of carbonyl (C=O) groups is 2. The van der Waals surface area contributed by atoms with Gasteiger partial charge in [0.15, 0.2) is 0 Å². The summed E-state index contributed by atoms with van der Waals surface area (Å²) in [6, 6.07) is 6.97. The monoisotopic (exact) mass is 375 g/mol. The highest BCUT2D eigenvalue weighted by molar-refractivity contribution is 5.99. The molecule has 2 aliphatic rings. The molecule has 0 bridgehead atoms. The van der Waals surface area contributed by atoms with E-state index in [1.165, 1.54) is 12.8 Å². The highest BCUT2D eigenvalue weighted by Crippen LogP contribution is 2.51. The summed E-state index contributed by atoms with van der Waals surface area (Å²) in [6.07, 6.45) is 4.66. The first-order chi connectivity index (χ1) is 12.8. The molecule has 2 N–H and O–H groups in total. The van der Waals surface area contributed by atoms with Gasteiger partial charge < -0.3 is 19.9 Å². The Kier molecular flexibility index (Phi) is 5.47. The van der Waals surface area contributed by atoms with E-state index in [1.54, 1.807) is 18.2 Å². The molecule has 2 unspecified atom stereocenters. The number of aliphatic carboxylic acids is 1. The van der Waals surface area contributed by atoms with Crippen LogP contribution in [0.4, 0.5) is 0 Å². The third kappa shape index (κ3) is 3.55. The van der Waals surface area contributed by atoms with E-state index in [9.17, 15) is 14.7 Å². The number of carboxylic acid groups (broad SMARTS) is 1. The first-order valence-corrected chi connectivity index (χ1v) is 9.74. The molecule has 2 fully saturated rings. The van der Waals surface area contributed by atoms with Crippen LogP contribution in [0.25, 0.3) is 0 Å². The fourth-order valence-electron chi connectivity index (χ4n) is 4.21. The van der Waals surface area contributed by atoms with Crippen LogP contribution in [-0.4, -0.2) is 41.3 Å². The Hall–Kier alpha value is -2.08. The van der Waals surface area contributed by atoms with Crippen molar-refractivity contribution in [3.05, 3.63) is 29.8 Å². The summed E-state index contributed by atoms with van der Waals surface area (Å²) in [5, 5.41) is 12.6. The van der Waals surface area contributed by atoms with Crippen molar-refractivity contribution >= 4 is 11.9 Å². The van der Waals surface area contributed by atoms with Gasteiger partial charge in [-0.05, 0) is 50.8 Å². The molecule has 0 radical (unpaired) electrons. The predicted molar refractivity (Wildman–Crippen MR) is 101 cm³/mol. The van der Waals surface area contributed by atoms with E-state index >= 15 is 0 Å². The highest BCUT2D eigenvalue weighted by Gasteiger charge is 2.66. The zero-order chi connectivity index (χ0) is 19.7. The quantitative estimate of drug-likeness (QED) is 0.763. The second-order valence-electron chi connectivity index (χ2n) is 8.09. The minimum Gasteiger partial charge on any atom is -0.490 e. The van der Waals surface area contributed by atoms with Crippen molar-refractivity contribution in [2.45, 2.75) is 70.6 Å². The fraction of sp³-hybridized carbons (Fsp3) is 0.619. The second kappa shape index (κ2) is 7.50. The lowest BCUT2D eigenvalue weighted by Crippen LogP contribution is -2.76. The number of carboxylic acids is 1. The summed E-state index contributed by atoms with van der Waals surface area (Å²) in [5.74, 6) is -0.786. The van der Waals surface area contributed by atoms with E-state index in [1.807, 2.05) is 26.8 Å². The standard InChI is InChI=1S/C21H29NO5/c1-4-26-17-13-21(19(24)25,20(17,2)3)22-18(23)14-8-7-11-16(12-14)27-15-9-5-6-10-15/h7-8,11-12,15,17H,4-6,9-10,13H2,1-3H3,(H,22,23)(H,24,25). The molecule has 27 heavy (non-hydrogen) atoms. The molecule has 2 aliphatic carbocycles. The molecule has 2 saturated carbocycles. The first kappa shape index (κ1) is 19.7. The number of hydrogen-bond donors (Lipinski definition) is 2. The van der Waals surface area contributed by atoms with E-state index < -0.39 is 22.8 Å². The van der Waals surface area contributed by atoms with Crippen LogP contribution in [-0.2, 0) is 9.53 Å². The Bertz CT molecular complexity index is 710. The van der Waals surface area contributed by atoms with Gasteiger partial charge in [-0.25, -0.2) is 4.79 Å². The molecule has 1 aromatic carbocycles. The smallest absolute Gasteiger partial charge is 0.330 e. The van der Waals surface area contributed by atoms with Crippen molar-refractivity contribution in [3.63, 3.8) is 0 Å². The highest BCUT2D eigenvalue weighted by atomic mass is 16.5.